The first-order chi connectivity index (χ1) is 34.5. The number of aromatic nitrogens is 5. The van der Waals surface area contributed by atoms with Crippen molar-refractivity contribution in [3.63, 3.8) is 0 Å². The molecule has 0 saturated carbocycles. The second-order valence-electron chi connectivity index (χ2n) is 16.7. The molecule has 10 aromatic rings. The third kappa shape index (κ3) is 8.76. The van der Waals surface area contributed by atoms with Crippen LogP contribution in [0.1, 0.15) is 33.4 Å². The second-order valence-corrected chi connectivity index (χ2v) is 16.7. The van der Waals surface area contributed by atoms with E-state index in [9.17, 15) is 79.0 Å². The quantitative estimate of drug-likeness (QED) is 0.161. The van der Waals surface area contributed by atoms with Crippen molar-refractivity contribution in [1.82, 2.24) is 24.1 Å². The highest BCUT2D eigenvalue weighted by molar-refractivity contribution is 6.11. The van der Waals surface area contributed by atoms with Crippen LogP contribution in [0.25, 0.3) is 89.2 Å². The molecule has 0 N–H and O–H groups in total. The van der Waals surface area contributed by atoms with E-state index in [0.717, 1.165) is 45.5 Å². The molecule has 0 atom stereocenters. The summed E-state index contributed by atoms with van der Waals surface area (Å²) >= 11 is 0. The van der Waals surface area contributed by atoms with Crippen LogP contribution in [-0.2, 0) is 37.1 Å². The number of hydrogen-bond donors (Lipinski definition) is 0. The Morgan fingerprint density at radius 3 is 0.811 bits per heavy atom. The van der Waals surface area contributed by atoms with Gasteiger partial charge in [-0.15, -0.1) is 0 Å². The van der Waals surface area contributed by atoms with Gasteiger partial charge in [0.05, 0.1) is 66.8 Å². The SMILES string of the molecule is FC(F)(F)c1ccc(-n2c3ccc(C(F)(F)F)cc3c3cc(C(F)(F)F)ccc32)c(-c2nc(-c3ccccc3)nc(-c3cc(C(F)(F)F)ccc3-n3c4ccc(C(F)(F)F)cc4c4cc(C(F)(F)F)ccc43)n2)c1. The predicted molar refractivity (Wildman–Crippen MR) is 235 cm³/mol. The minimum atomic E-state index is -5.17. The van der Waals surface area contributed by atoms with Crippen LogP contribution in [0.3, 0.4) is 0 Å². The largest absolute Gasteiger partial charge is 0.416 e. The van der Waals surface area contributed by atoms with Gasteiger partial charge in [-0.05, 0) is 109 Å². The minimum absolute atomic E-state index is 0.0619. The maximum absolute atomic E-state index is 14.8. The molecule has 0 aliphatic carbocycles. The summed E-state index contributed by atoms with van der Waals surface area (Å²) < 4.78 is 260. The zero-order valence-corrected chi connectivity index (χ0v) is 36.3. The topological polar surface area (TPSA) is 48.5 Å². The van der Waals surface area contributed by atoms with E-state index in [-0.39, 0.29) is 27.6 Å². The Hall–Kier alpha value is -8.11. The summed E-state index contributed by atoms with van der Waals surface area (Å²) in [5, 5.41) is -1.73. The van der Waals surface area contributed by atoms with E-state index >= 15 is 0 Å². The van der Waals surface area contributed by atoms with Crippen LogP contribution >= 0.6 is 0 Å². The van der Waals surface area contributed by atoms with Gasteiger partial charge in [0.25, 0.3) is 0 Å². The van der Waals surface area contributed by atoms with Gasteiger partial charge >= 0.3 is 37.1 Å². The number of nitrogens with zero attached hydrogens (tertiary/aromatic N) is 5. The maximum atomic E-state index is 14.8. The number of fused-ring (bicyclic) bond motifs is 6. The highest BCUT2D eigenvalue weighted by Gasteiger charge is 2.38. The summed E-state index contributed by atoms with van der Waals surface area (Å²) in [6.07, 6.45) is -30.5. The molecule has 23 heteroatoms. The molecular weight excluding hydrogens is 1020 g/mol. The maximum Gasteiger partial charge on any atom is 0.416 e. The first-order valence-corrected chi connectivity index (χ1v) is 21.2. The number of alkyl halides is 18. The first kappa shape index (κ1) is 49.5. The summed E-state index contributed by atoms with van der Waals surface area (Å²) in [6, 6.07) is 18.9. The van der Waals surface area contributed by atoms with Gasteiger partial charge in [0.1, 0.15) is 0 Å². The Bertz CT molecular complexity index is 3500. The monoisotopic (exact) mass is 1050 g/mol. The Kier molecular flexibility index (Phi) is 11.2. The van der Waals surface area contributed by atoms with Crippen molar-refractivity contribution < 1.29 is 79.0 Å². The van der Waals surface area contributed by atoms with Gasteiger partial charge in [-0.2, -0.15) is 79.0 Å². The molecular formula is C51H23F18N5. The van der Waals surface area contributed by atoms with Crippen LogP contribution in [0.5, 0.6) is 0 Å². The molecule has 0 aliphatic rings. The highest BCUT2D eigenvalue weighted by atomic mass is 19.4. The van der Waals surface area contributed by atoms with Crippen molar-refractivity contribution >= 4 is 43.6 Å². The van der Waals surface area contributed by atoms with Gasteiger partial charge in [0.15, 0.2) is 17.5 Å². The lowest BCUT2D eigenvalue weighted by atomic mass is 10.0. The normalized spacial score (nSPS) is 13.3. The summed E-state index contributed by atoms with van der Waals surface area (Å²) in [5.41, 5.74) is -11.1. The fourth-order valence-corrected chi connectivity index (χ4v) is 8.78. The predicted octanol–water partition coefficient (Wildman–Crippen LogP) is 17.2. The molecule has 3 aromatic heterocycles. The van der Waals surface area contributed by atoms with E-state index in [0.29, 0.717) is 72.8 Å². The molecule has 7 aromatic carbocycles. The van der Waals surface area contributed by atoms with E-state index < -0.39 is 132 Å². The highest BCUT2D eigenvalue weighted by Crippen LogP contribution is 2.46. The van der Waals surface area contributed by atoms with Gasteiger partial charge in [-0.25, -0.2) is 15.0 Å². The summed E-state index contributed by atoms with van der Waals surface area (Å²) in [6.45, 7) is 0. The number of halogens is 18. The van der Waals surface area contributed by atoms with E-state index in [1.807, 2.05) is 0 Å². The van der Waals surface area contributed by atoms with Gasteiger partial charge in [0.2, 0.25) is 0 Å². The lowest BCUT2D eigenvalue weighted by molar-refractivity contribution is -0.138. The first-order valence-electron chi connectivity index (χ1n) is 21.2. The van der Waals surface area contributed by atoms with Crippen molar-refractivity contribution in [3.8, 4) is 45.5 Å². The van der Waals surface area contributed by atoms with E-state index in [4.69, 9.17) is 0 Å². The van der Waals surface area contributed by atoms with Crippen molar-refractivity contribution in [3.05, 3.63) is 173 Å². The average molecular weight is 1050 g/mol. The van der Waals surface area contributed by atoms with Crippen LogP contribution in [0.15, 0.2) is 140 Å². The standard InChI is InChI=1S/C51H23F18N5/c52-46(53,54)25-6-12-37-31(18-25)32-19-26(47(55,56)57)7-13-38(32)73(37)41-16-10-29(50(64,65)66)22-35(41)44-70-43(24-4-2-1-3-5-24)71-45(72-44)36-23-30(51(67,68)69)11-17-42(36)74-39-14-8-27(48(58,59)60)20-33(39)34-21-28(49(61,62)63)9-15-40(34)74/h1-23H. The number of hydrogen-bond acceptors (Lipinski definition) is 3. The summed E-state index contributed by atoms with van der Waals surface area (Å²) in [5.74, 6) is -1.96. The molecule has 378 valence electrons. The van der Waals surface area contributed by atoms with E-state index in [1.165, 1.54) is 30.3 Å². The van der Waals surface area contributed by atoms with Crippen LogP contribution in [0, 0.1) is 0 Å². The molecule has 0 unspecified atom stereocenters. The molecule has 74 heavy (non-hydrogen) atoms. The molecule has 0 aliphatic heterocycles. The number of benzene rings is 7. The van der Waals surface area contributed by atoms with E-state index in [2.05, 4.69) is 15.0 Å². The van der Waals surface area contributed by atoms with Gasteiger partial charge in [-0.1, -0.05) is 30.3 Å². The molecule has 0 radical (unpaired) electrons. The lowest BCUT2D eigenvalue weighted by Gasteiger charge is -2.19. The molecule has 0 saturated heterocycles. The fraction of sp³-hybridized carbons (Fsp3) is 0.118. The Balaban J connectivity index is 1.32. The number of rotatable bonds is 5. The van der Waals surface area contributed by atoms with Crippen LogP contribution in [0.4, 0.5) is 79.0 Å². The Morgan fingerprint density at radius 1 is 0.270 bits per heavy atom. The van der Waals surface area contributed by atoms with Crippen LogP contribution < -0.4 is 0 Å². The average Bonchev–Trinajstić information content (AvgIpc) is 3.83. The molecule has 0 bridgehead atoms. The Morgan fingerprint density at radius 2 is 0.527 bits per heavy atom. The molecule has 3 heterocycles. The summed E-state index contributed by atoms with van der Waals surface area (Å²) in [7, 11) is 0. The zero-order valence-electron chi connectivity index (χ0n) is 36.3. The second kappa shape index (κ2) is 16.7. The van der Waals surface area contributed by atoms with Crippen molar-refractivity contribution in [2.24, 2.45) is 0 Å². The molecule has 5 nitrogen and oxygen atoms in total. The molecule has 0 amide bonds. The van der Waals surface area contributed by atoms with Gasteiger partial charge in [0, 0.05) is 38.2 Å². The minimum Gasteiger partial charge on any atom is -0.309 e. The van der Waals surface area contributed by atoms with E-state index in [1.54, 1.807) is 0 Å². The van der Waals surface area contributed by atoms with Crippen LogP contribution in [-0.4, -0.2) is 24.1 Å². The Labute approximate surface area is 401 Å². The molecule has 0 fully saturated rings. The van der Waals surface area contributed by atoms with Crippen molar-refractivity contribution in [2.45, 2.75) is 37.1 Å². The molecule has 0 spiro atoms. The lowest BCUT2D eigenvalue weighted by Crippen LogP contribution is -2.10. The third-order valence-electron chi connectivity index (χ3n) is 12.1. The van der Waals surface area contributed by atoms with Crippen LogP contribution in [0.2, 0.25) is 0 Å². The van der Waals surface area contributed by atoms with Gasteiger partial charge in [-0.3, -0.25) is 0 Å². The fourth-order valence-electron chi connectivity index (χ4n) is 8.78. The third-order valence-corrected chi connectivity index (χ3v) is 12.1. The molecule has 10 rings (SSSR count). The smallest absolute Gasteiger partial charge is 0.309 e. The summed E-state index contributed by atoms with van der Waals surface area (Å²) in [4.78, 5) is 13.3. The van der Waals surface area contributed by atoms with Crippen molar-refractivity contribution in [1.29, 1.82) is 0 Å². The zero-order chi connectivity index (χ0) is 53.2. The van der Waals surface area contributed by atoms with Crippen molar-refractivity contribution in [2.75, 3.05) is 0 Å². The van der Waals surface area contributed by atoms with Gasteiger partial charge < -0.3 is 9.13 Å².